The minimum atomic E-state index is -0.685. The monoisotopic (exact) mass is 165 g/mol. The van der Waals surface area contributed by atoms with E-state index in [2.05, 4.69) is 17.4 Å². The molecule has 1 atom stereocenters. The standard InChI is InChI=1S/C5H11NO3S/c6-4(3-10)5(8)9-2-1-7/h4,7,10H,1-3,6H2/t4-/m1/s1. The van der Waals surface area contributed by atoms with Crippen LogP contribution >= 0.6 is 12.6 Å². The van der Waals surface area contributed by atoms with E-state index >= 15 is 0 Å². The molecule has 0 heterocycles. The van der Waals surface area contributed by atoms with Gasteiger partial charge in [-0.2, -0.15) is 12.6 Å². The van der Waals surface area contributed by atoms with Gasteiger partial charge in [-0.25, -0.2) is 0 Å². The number of nitrogens with two attached hydrogens (primary N) is 1. The maximum absolute atomic E-state index is 10.6. The maximum Gasteiger partial charge on any atom is 0.323 e. The molecule has 0 saturated carbocycles. The van der Waals surface area contributed by atoms with Crippen molar-refractivity contribution < 1.29 is 14.6 Å². The van der Waals surface area contributed by atoms with E-state index in [-0.39, 0.29) is 19.0 Å². The summed E-state index contributed by atoms with van der Waals surface area (Å²) in [6.45, 7) is -0.175. The summed E-state index contributed by atoms with van der Waals surface area (Å²) in [7, 11) is 0. The average molecular weight is 165 g/mol. The lowest BCUT2D eigenvalue weighted by molar-refractivity contribution is -0.145. The number of esters is 1. The first-order valence-electron chi connectivity index (χ1n) is 2.86. The molecular formula is C5H11NO3S. The van der Waals surface area contributed by atoms with E-state index in [1.54, 1.807) is 0 Å². The van der Waals surface area contributed by atoms with E-state index in [1.807, 2.05) is 0 Å². The Hall–Kier alpha value is -0.260. The van der Waals surface area contributed by atoms with Crippen molar-refractivity contribution in [3.05, 3.63) is 0 Å². The van der Waals surface area contributed by atoms with Gasteiger partial charge in [-0.05, 0) is 0 Å². The molecule has 0 aliphatic carbocycles. The fourth-order valence-corrected chi connectivity index (χ4v) is 0.477. The van der Waals surface area contributed by atoms with Gasteiger partial charge in [0, 0.05) is 5.75 Å². The minimum absolute atomic E-state index is 0.000309. The van der Waals surface area contributed by atoms with Crippen LogP contribution in [0.1, 0.15) is 0 Å². The fourth-order valence-electron chi connectivity index (χ4n) is 0.328. The SMILES string of the molecule is N[C@H](CS)C(=O)OCCO. The molecule has 4 nitrogen and oxygen atoms in total. The quantitative estimate of drug-likeness (QED) is 0.360. The number of ether oxygens (including phenoxy) is 1. The molecule has 3 N–H and O–H groups in total. The first-order chi connectivity index (χ1) is 4.72. The second-order valence-corrected chi connectivity index (χ2v) is 2.05. The van der Waals surface area contributed by atoms with Crippen LogP contribution in [0.4, 0.5) is 0 Å². The number of aliphatic hydroxyl groups excluding tert-OH is 1. The number of hydrogen-bond donors (Lipinski definition) is 3. The molecule has 0 aliphatic rings. The molecule has 0 unspecified atom stereocenters. The first-order valence-corrected chi connectivity index (χ1v) is 3.49. The predicted octanol–water partition coefficient (Wildman–Crippen LogP) is -1.22. The molecule has 0 spiro atoms. The summed E-state index contributed by atoms with van der Waals surface area (Å²) in [5.74, 6) is -0.270. The van der Waals surface area contributed by atoms with Crippen LogP contribution < -0.4 is 5.73 Å². The molecule has 0 rings (SSSR count). The summed E-state index contributed by atoms with van der Waals surface area (Å²) in [4.78, 5) is 10.6. The van der Waals surface area contributed by atoms with Crippen molar-refractivity contribution in [2.24, 2.45) is 5.73 Å². The molecule has 0 aromatic rings. The van der Waals surface area contributed by atoms with Crippen LogP contribution in [0.2, 0.25) is 0 Å². The average Bonchev–Trinajstić information content (AvgIpc) is 1.98. The lowest BCUT2D eigenvalue weighted by Crippen LogP contribution is -2.34. The van der Waals surface area contributed by atoms with Gasteiger partial charge in [-0.1, -0.05) is 0 Å². The highest BCUT2D eigenvalue weighted by Gasteiger charge is 2.11. The van der Waals surface area contributed by atoms with Crippen molar-refractivity contribution in [3.8, 4) is 0 Å². The molecule has 0 radical (unpaired) electrons. The minimum Gasteiger partial charge on any atom is -0.462 e. The van der Waals surface area contributed by atoms with Crippen LogP contribution in [-0.2, 0) is 9.53 Å². The highest BCUT2D eigenvalue weighted by atomic mass is 32.1. The molecule has 0 aromatic carbocycles. The van der Waals surface area contributed by atoms with E-state index in [9.17, 15) is 4.79 Å². The summed E-state index contributed by atoms with van der Waals surface area (Å²) in [6, 6.07) is -0.685. The van der Waals surface area contributed by atoms with Crippen molar-refractivity contribution in [3.63, 3.8) is 0 Å². The maximum atomic E-state index is 10.6. The Morgan fingerprint density at radius 2 is 2.40 bits per heavy atom. The molecular weight excluding hydrogens is 154 g/mol. The summed E-state index contributed by atoms with van der Waals surface area (Å²) in [5, 5.41) is 8.23. The largest absolute Gasteiger partial charge is 0.462 e. The van der Waals surface area contributed by atoms with Crippen molar-refractivity contribution in [1.29, 1.82) is 0 Å². The second-order valence-electron chi connectivity index (χ2n) is 1.68. The van der Waals surface area contributed by atoms with Crippen molar-refractivity contribution in [2.45, 2.75) is 6.04 Å². The van der Waals surface area contributed by atoms with E-state index in [1.165, 1.54) is 0 Å². The van der Waals surface area contributed by atoms with Crippen LogP contribution in [-0.4, -0.2) is 36.1 Å². The van der Waals surface area contributed by atoms with Crippen LogP contribution in [0, 0.1) is 0 Å². The van der Waals surface area contributed by atoms with Crippen LogP contribution in [0.5, 0.6) is 0 Å². The van der Waals surface area contributed by atoms with E-state index in [0.717, 1.165) is 0 Å². The predicted molar refractivity (Wildman–Crippen MR) is 39.9 cm³/mol. The van der Waals surface area contributed by atoms with Crippen LogP contribution in [0.3, 0.4) is 0 Å². The first kappa shape index (κ1) is 9.74. The highest BCUT2D eigenvalue weighted by Crippen LogP contribution is 1.87. The summed E-state index contributed by atoms with van der Waals surface area (Å²) in [5.41, 5.74) is 5.22. The Morgan fingerprint density at radius 1 is 1.80 bits per heavy atom. The third kappa shape index (κ3) is 3.71. The van der Waals surface area contributed by atoms with Gasteiger partial charge in [0.05, 0.1) is 6.61 Å². The van der Waals surface area contributed by atoms with Gasteiger partial charge >= 0.3 is 5.97 Å². The Balaban J connectivity index is 3.42. The van der Waals surface area contributed by atoms with Crippen LogP contribution in [0.15, 0.2) is 0 Å². The summed E-state index contributed by atoms with van der Waals surface area (Å²) < 4.78 is 4.48. The number of rotatable bonds is 4. The van der Waals surface area contributed by atoms with E-state index in [0.29, 0.717) is 0 Å². The number of carbonyl (C=O) groups excluding carboxylic acids is 1. The second kappa shape index (κ2) is 5.52. The van der Waals surface area contributed by atoms with Crippen LogP contribution in [0.25, 0.3) is 0 Å². The molecule has 0 saturated heterocycles. The van der Waals surface area contributed by atoms with Gasteiger partial charge in [-0.15, -0.1) is 0 Å². The Morgan fingerprint density at radius 3 is 2.80 bits per heavy atom. The molecule has 0 fully saturated rings. The molecule has 0 amide bonds. The number of carbonyl (C=O) groups is 1. The molecule has 0 bridgehead atoms. The number of aliphatic hydroxyl groups is 1. The molecule has 0 aliphatic heterocycles. The van der Waals surface area contributed by atoms with Gasteiger partial charge in [0.2, 0.25) is 0 Å². The third-order valence-corrected chi connectivity index (χ3v) is 1.23. The zero-order valence-electron chi connectivity index (χ0n) is 5.49. The zero-order valence-corrected chi connectivity index (χ0v) is 6.38. The van der Waals surface area contributed by atoms with Crippen molar-refractivity contribution in [1.82, 2.24) is 0 Å². The van der Waals surface area contributed by atoms with Gasteiger partial charge in [-0.3, -0.25) is 4.79 Å². The Labute approximate surface area is 64.8 Å². The van der Waals surface area contributed by atoms with Crippen molar-refractivity contribution >= 4 is 18.6 Å². The normalized spacial score (nSPS) is 12.7. The number of thiol groups is 1. The molecule has 10 heavy (non-hydrogen) atoms. The smallest absolute Gasteiger partial charge is 0.323 e. The van der Waals surface area contributed by atoms with Gasteiger partial charge in [0.15, 0.2) is 0 Å². The summed E-state index contributed by atoms with van der Waals surface area (Å²) >= 11 is 3.79. The number of hydrogen-bond acceptors (Lipinski definition) is 5. The van der Waals surface area contributed by atoms with Gasteiger partial charge in [0.25, 0.3) is 0 Å². The molecule has 5 heteroatoms. The molecule has 0 aromatic heterocycles. The lowest BCUT2D eigenvalue weighted by Gasteiger charge is -2.06. The van der Waals surface area contributed by atoms with Gasteiger partial charge < -0.3 is 15.6 Å². The Kier molecular flexibility index (Phi) is 5.38. The van der Waals surface area contributed by atoms with Gasteiger partial charge in [0.1, 0.15) is 12.6 Å². The Bertz CT molecular complexity index is 109. The fraction of sp³-hybridized carbons (Fsp3) is 0.800. The van der Waals surface area contributed by atoms with E-state index in [4.69, 9.17) is 10.8 Å². The lowest BCUT2D eigenvalue weighted by atomic mass is 10.4. The third-order valence-electron chi connectivity index (χ3n) is 0.835. The highest BCUT2D eigenvalue weighted by molar-refractivity contribution is 7.80. The zero-order chi connectivity index (χ0) is 7.98. The van der Waals surface area contributed by atoms with Crippen molar-refractivity contribution in [2.75, 3.05) is 19.0 Å². The summed E-state index contributed by atoms with van der Waals surface area (Å²) in [6.07, 6.45) is 0. The molecule has 60 valence electrons. The topological polar surface area (TPSA) is 72.6 Å². The van der Waals surface area contributed by atoms with E-state index < -0.39 is 12.0 Å².